The number of halogens is 2. The van der Waals surface area contributed by atoms with Crippen molar-refractivity contribution < 1.29 is 22.7 Å². The Bertz CT molecular complexity index is 897. The SMILES string of the molecule is CC(C)c1ccc(C(=O)O)cc1S(=O)(=O)Nc1ccc(Cl)cc1F. The minimum atomic E-state index is -4.18. The fourth-order valence-corrected chi connectivity index (χ4v) is 3.77. The first-order valence-corrected chi connectivity index (χ1v) is 8.83. The maximum absolute atomic E-state index is 13.9. The van der Waals surface area contributed by atoms with Crippen LogP contribution in [0.15, 0.2) is 41.3 Å². The molecule has 0 aliphatic rings. The lowest BCUT2D eigenvalue weighted by molar-refractivity contribution is 0.0696. The highest BCUT2D eigenvalue weighted by Crippen LogP contribution is 2.28. The summed E-state index contributed by atoms with van der Waals surface area (Å²) in [5, 5.41) is 9.21. The average molecular weight is 372 g/mol. The first-order valence-electron chi connectivity index (χ1n) is 6.97. The van der Waals surface area contributed by atoms with Gasteiger partial charge in [0.1, 0.15) is 5.82 Å². The second-order valence-corrected chi connectivity index (χ2v) is 7.53. The Balaban J connectivity index is 2.55. The molecule has 0 bridgehead atoms. The van der Waals surface area contributed by atoms with Crippen molar-refractivity contribution in [3.63, 3.8) is 0 Å². The lowest BCUT2D eigenvalue weighted by atomic mass is 10.0. The zero-order chi connectivity index (χ0) is 18.1. The van der Waals surface area contributed by atoms with Crippen molar-refractivity contribution in [1.29, 1.82) is 0 Å². The molecule has 128 valence electrons. The molecule has 0 spiro atoms. The van der Waals surface area contributed by atoms with Gasteiger partial charge in [-0.15, -0.1) is 0 Å². The molecule has 0 amide bonds. The van der Waals surface area contributed by atoms with Crippen LogP contribution in [0.2, 0.25) is 5.02 Å². The second-order valence-electron chi connectivity index (χ2n) is 5.44. The van der Waals surface area contributed by atoms with Crippen LogP contribution in [0.1, 0.15) is 35.7 Å². The van der Waals surface area contributed by atoms with Crippen LogP contribution in [0.4, 0.5) is 10.1 Å². The molecule has 2 aromatic rings. The minimum Gasteiger partial charge on any atom is -0.478 e. The van der Waals surface area contributed by atoms with Gasteiger partial charge in [-0.05, 0) is 41.8 Å². The van der Waals surface area contributed by atoms with Gasteiger partial charge < -0.3 is 5.11 Å². The van der Waals surface area contributed by atoms with E-state index in [0.29, 0.717) is 5.56 Å². The van der Waals surface area contributed by atoms with E-state index in [-0.39, 0.29) is 27.1 Å². The number of hydrogen-bond donors (Lipinski definition) is 2. The topological polar surface area (TPSA) is 83.5 Å². The van der Waals surface area contributed by atoms with E-state index in [1.54, 1.807) is 13.8 Å². The number of anilines is 1. The Hall–Kier alpha value is -2.12. The zero-order valence-corrected chi connectivity index (χ0v) is 14.5. The Morgan fingerprint density at radius 1 is 1.21 bits per heavy atom. The van der Waals surface area contributed by atoms with E-state index < -0.39 is 21.8 Å². The molecular weight excluding hydrogens is 357 g/mol. The first kappa shape index (κ1) is 18.2. The van der Waals surface area contributed by atoms with E-state index in [1.807, 2.05) is 0 Å². The molecule has 0 saturated carbocycles. The molecule has 0 radical (unpaired) electrons. The maximum atomic E-state index is 13.9. The van der Waals surface area contributed by atoms with Gasteiger partial charge in [0.25, 0.3) is 10.0 Å². The number of carboxylic acid groups (broad SMARTS) is 1. The normalized spacial score (nSPS) is 11.5. The van der Waals surface area contributed by atoms with Gasteiger partial charge >= 0.3 is 5.97 Å². The van der Waals surface area contributed by atoms with Crippen molar-refractivity contribution in [2.45, 2.75) is 24.7 Å². The summed E-state index contributed by atoms with van der Waals surface area (Å²) in [5.74, 6) is -2.25. The molecule has 0 atom stereocenters. The molecule has 0 fully saturated rings. The van der Waals surface area contributed by atoms with E-state index in [4.69, 9.17) is 16.7 Å². The third-order valence-electron chi connectivity index (χ3n) is 3.35. The summed E-state index contributed by atoms with van der Waals surface area (Å²) in [4.78, 5) is 10.9. The standard InChI is InChI=1S/C16H15ClFNO4S/c1-9(2)12-5-3-10(16(20)21)7-15(12)24(22,23)19-14-6-4-11(17)8-13(14)18/h3-9,19H,1-2H3,(H,20,21). The van der Waals surface area contributed by atoms with E-state index in [1.165, 1.54) is 24.3 Å². The number of aromatic carboxylic acids is 1. The van der Waals surface area contributed by atoms with Crippen LogP contribution in [0, 0.1) is 5.82 Å². The predicted molar refractivity (Wildman–Crippen MR) is 89.7 cm³/mol. The third kappa shape index (κ3) is 3.85. The quantitative estimate of drug-likeness (QED) is 0.828. The van der Waals surface area contributed by atoms with Crippen LogP contribution in [0.3, 0.4) is 0 Å². The van der Waals surface area contributed by atoms with Crippen molar-refractivity contribution in [3.05, 3.63) is 58.4 Å². The lowest BCUT2D eigenvalue weighted by Crippen LogP contribution is -2.17. The van der Waals surface area contributed by atoms with Crippen LogP contribution in [-0.2, 0) is 10.0 Å². The van der Waals surface area contributed by atoms with E-state index in [0.717, 1.165) is 12.1 Å². The van der Waals surface area contributed by atoms with Crippen LogP contribution < -0.4 is 4.72 Å². The highest BCUT2D eigenvalue weighted by molar-refractivity contribution is 7.92. The molecule has 0 saturated heterocycles. The largest absolute Gasteiger partial charge is 0.478 e. The van der Waals surface area contributed by atoms with Crippen LogP contribution >= 0.6 is 11.6 Å². The minimum absolute atomic E-state index is 0.131. The zero-order valence-electron chi connectivity index (χ0n) is 12.9. The smallest absolute Gasteiger partial charge is 0.335 e. The second kappa shape index (κ2) is 6.78. The molecule has 24 heavy (non-hydrogen) atoms. The number of carboxylic acids is 1. The number of rotatable bonds is 5. The Labute approximate surface area is 144 Å². The highest BCUT2D eigenvalue weighted by atomic mass is 35.5. The van der Waals surface area contributed by atoms with Gasteiger partial charge in [0.15, 0.2) is 0 Å². The molecule has 0 aromatic heterocycles. The monoisotopic (exact) mass is 371 g/mol. The number of carbonyl (C=O) groups is 1. The first-order chi connectivity index (χ1) is 11.1. The maximum Gasteiger partial charge on any atom is 0.335 e. The molecule has 2 aromatic carbocycles. The van der Waals surface area contributed by atoms with Crippen molar-refractivity contribution in [2.24, 2.45) is 0 Å². The van der Waals surface area contributed by atoms with Gasteiger partial charge in [-0.1, -0.05) is 31.5 Å². The Kier molecular flexibility index (Phi) is 5.15. The van der Waals surface area contributed by atoms with Crippen LogP contribution in [-0.4, -0.2) is 19.5 Å². The van der Waals surface area contributed by atoms with E-state index in [9.17, 15) is 17.6 Å². The number of sulfonamides is 1. The summed E-state index contributed by atoms with van der Waals surface area (Å²) in [5.41, 5.74) is -0.00643. The molecule has 2 rings (SSSR count). The number of nitrogens with one attached hydrogen (secondary N) is 1. The van der Waals surface area contributed by atoms with Gasteiger partial charge in [0.2, 0.25) is 0 Å². The van der Waals surface area contributed by atoms with Gasteiger partial charge in [0.05, 0.1) is 16.1 Å². The van der Waals surface area contributed by atoms with Gasteiger partial charge in [0, 0.05) is 5.02 Å². The van der Waals surface area contributed by atoms with Crippen LogP contribution in [0.25, 0.3) is 0 Å². The highest BCUT2D eigenvalue weighted by Gasteiger charge is 2.23. The lowest BCUT2D eigenvalue weighted by Gasteiger charge is -2.15. The summed E-state index contributed by atoms with van der Waals surface area (Å²) in [6, 6.07) is 7.37. The summed E-state index contributed by atoms with van der Waals surface area (Å²) >= 11 is 5.65. The van der Waals surface area contributed by atoms with Gasteiger partial charge in [-0.2, -0.15) is 0 Å². The predicted octanol–water partition coefficient (Wildman–Crippen LogP) is 4.10. The fraction of sp³-hybridized carbons (Fsp3) is 0.188. The van der Waals surface area contributed by atoms with Crippen LogP contribution in [0.5, 0.6) is 0 Å². The average Bonchev–Trinajstić information content (AvgIpc) is 2.49. The van der Waals surface area contributed by atoms with Crippen molar-refractivity contribution >= 4 is 33.3 Å². The Morgan fingerprint density at radius 3 is 2.42 bits per heavy atom. The molecule has 0 unspecified atom stereocenters. The molecule has 0 heterocycles. The summed E-state index contributed by atoms with van der Waals surface area (Å²) in [7, 11) is -4.18. The molecule has 8 heteroatoms. The molecule has 0 aliphatic carbocycles. The van der Waals surface area contributed by atoms with Gasteiger partial charge in [-0.25, -0.2) is 17.6 Å². The van der Waals surface area contributed by atoms with Gasteiger partial charge in [-0.3, -0.25) is 4.72 Å². The summed E-state index contributed by atoms with van der Waals surface area (Å²) in [6.45, 7) is 3.55. The van der Waals surface area contributed by atoms with E-state index in [2.05, 4.69) is 4.72 Å². The fourth-order valence-electron chi connectivity index (χ4n) is 2.15. The van der Waals surface area contributed by atoms with E-state index >= 15 is 0 Å². The van der Waals surface area contributed by atoms with Crippen molar-refractivity contribution in [2.75, 3.05) is 4.72 Å². The van der Waals surface area contributed by atoms with Crippen molar-refractivity contribution in [1.82, 2.24) is 0 Å². The summed E-state index contributed by atoms with van der Waals surface area (Å²) < 4.78 is 41.3. The number of benzene rings is 2. The molecule has 5 nitrogen and oxygen atoms in total. The van der Waals surface area contributed by atoms with Crippen molar-refractivity contribution in [3.8, 4) is 0 Å². The molecular formula is C16H15ClFNO4S. The number of hydrogen-bond acceptors (Lipinski definition) is 3. The summed E-state index contributed by atoms with van der Waals surface area (Å²) in [6.07, 6.45) is 0. The third-order valence-corrected chi connectivity index (χ3v) is 5.00. The molecule has 2 N–H and O–H groups in total. The Morgan fingerprint density at radius 2 is 1.88 bits per heavy atom. The molecule has 0 aliphatic heterocycles.